The Hall–Kier alpha value is -3.21. The summed E-state index contributed by atoms with van der Waals surface area (Å²) in [6, 6.07) is 16.2. The minimum Gasteiger partial charge on any atom is -0.383 e. The molecule has 0 aliphatic heterocycles. The Bertz CT molecular complexity index is 975. The molecule has 0 saturated carbocycles. The molecule has 0 aliphatic rings. The summed E-state index contributed by atoms with van der Waals surface area (Å²) in [6.45, 7) is 0. The number of rotatable bonds is 2. The van der Waals surface area contributed by atoms with Crippen molar-refractivity contribution in [2.75, 3.05) is 5.73 Å². The summed E-state index contributed by atoms with van der Waals surface area (Å²) in [4.78, 5) is 8.47. The summed E-state index contributed by atoms with van der Waals surface area (Å²) in [5.41, 5.74) is 9.57. The first-order valence-corrected chi connectivity index (χ1v) is 7.17. The van der Waals surface area contributed by atoms with E-state index in [1.165, 1.54) is 18.5 Å². The van der Waals surface area contributed by atoms with Crippen molar-refractivity contribution in [2.24, 2.45) is 0 Å². The summed E-state index contributed by atoms with van der Waals surface area (Å²) in [5.74, 6) is 0.150. The lowest BCUT2D eigenvalue weighted by atomic mass is 10.1. The number of nitrogens with two attached hydrogens (primary N) is 1. The number of hydrogen-bond acceptors (Lipinski definition) is 3. The molecule has 2 aromatic carbocycles. The third kappa shape index (κ3) is 2.23. The molecule has 0 unspecified atom stereocenters. The van der Waals surface area contributed by atoms with Gasteiger partial charge in [-0.25, -0.2) is 14.4 Å². The highest BCUT2D eigenvalue weighted by Crippen LogP contribution is 2.33. The van der Waals surface area contributed by atoms with E-state index in [9.17, 15) is 4.39 Å². The Labute approximate surface area is 132 Å². The number of nitrogen functional groups attached to an aromatic ring is 1. The Kier molecular flexibility index (Phi) is 3.05. The molecular formula is C18H13FN4. The predicted molar refractivity (Wildman–Crippen MR) is 88.7 cm³/mol. The van der Waals surface area contributed by atoms with Crippen LogP contribution < -0.4 is 5.73 Å². The zero-order valence-corrected chi connectivity index (χ0v) is 12.1. The van der Waals surface area contributed by atoms with E-state index in [2.05, 4.69) is 9.97 Å². The summed E-state index contributed by atoms with van der Waals surface area (Å²) in [6.07, 6.45) is 3.39. The first kappa shape index (κ1) is 13.5. The third-order valence-electron chi connectivity index (χ3n) is 3.80. The second-order valence-electron chi connectivity index (χ2n) is 5.21. The van der Waals surface area contributed by atoms with Gasteiger partial charge in [-0.2, -0.15) is 0 Å². The van der Waals surface area contributed by atoms with E-state index in [-0.39, 0.29) is 5.82 Å². The van der Waals surface area contributed by atoms with E-state index in [1.807, 2.05) is 41.1 Å². The Balaban J connectivity index is 2.03. The van der Waals surface area contributed by atoms with Crippen LogP contribution in [-0.4, -0.2) is 14.5 Å². The van der Waals surface area contributed by atoms with Crippen LogP contribution in [-0.2, 0) is 0 Å². The van der Waals surface area contributed by atoms with Gasteiger partial charge in [0.2, 0.25) is 0 Å². The molecule has 0 aliphatic carbocycles. The fourth-order valence-corrected chi connectivity index (χ4v) is 2.72. The topological polar surface area (TPSA) is 56.7 Å². The molecule has 5 heteroatoms. The highest BCUT2D eigenvalue weighted by Gasteiger charge is 2.15. The summed E-state index contributed by atoms with van der Waals surface area (Å²) in [5, 5.41) is 0.794. The van der Waals surface area contributed by atoms with Crippen LogP contribution in [0.1, 0.15) is 0 Å². The van der Waals surface area contributed by atoms with Crippen molar-refractivity contribution in [3.63, 3.8) is 0 Å². The lowest BCUT2D eigenvalue weighted by Gasteiger charge is -2.04. The second kappa shape index (κ2) is 5.21. The van der Waals surface area contributed by atoms with Crippen LogP contribution in [0.25, 0.3) is 27.8 Å². The molecular weight excluding hydrogens is 291 g/mol. The van der Waals surface area contributed by atoms with Gasteiger partial charge in [0.25, 0.3) is 0 Å². The first-order chi connectivity index (χ1) is 11.2. The molecule has 2 aromatic heterocycles. The van der Waals surface area contributed by atoms with E-state index in [4.69, 9.17) is 5.73 Å². The summed E-state index contributed by atoms with van der Waals surface area (Å²) >= 11 is 0. The fourth-order valence-electron chi connectivity index (χ4n) is 2.72. The van der Waals surface area contributed by atoms with E-state index in [0.717, 1.165) is 22.2 Å². The van der Waals surface area contributed by atoms with Crippen molar-refractivity contribution in [3.05, 3.63) is 72.9 Å². The van der Waals surface area contributed by atoms with Crippen LogP contribution in [0.3, 0.4) is 0 Å². The molecule has 4 aromatic rings. The fraction of sp³-hybridized carbons (Fsp3) is 0. The molecule has 2 N–H and O–H groups in total. The summed E-state index contributed by atoms with van der Waals surface area (Å²) < 4.78 is 15.1. The minimum atomic E-state index is -0.275. The SMILES string of the molecule is Nc1ncnc2c1c(-c1ccccc1)cn2-c1ccc(F)cc1. The van der Waals surface area contributed by atoms with E-state index < -0.39 is 0 Å². The van der Waals surface area contributed by atoms with Gasteiger partial charge in [0.1, 0.15) is 18.0 Å². The molecule has 0 bridgehead atoms. The zero-order valence-electron chi connectivity index (χ0n) is 12.1. The summed E-state index contributed by atoms with van der Waals surface area (Å²) in [7, 11) is 0. The van der Waals surface area contributed by atoms with Crippen LogP contribution in [0.5, 0.6) is 0 Å². The number of hydrogen-bond donors (Lipinski definition) is 1. The third-order valence-corrected chi connectivity index (χ3v) is 3.80. The van der Waals surface area contributed by atoms with Crippen molar-refractivity contribution in [1.29, 1.82) is 0 Å². The molecule has 0 saturated heterocycles. The quantitative estimate of drug-likeness (QED) is 0.612. The van der Waals surface area contributed by atoms with Gasteiger partial charge in [-0.15, -0.1) is 0 Å². The Morgan fingerprint density at radius 3 is 2.39 bits per heavy atom. The maximum Gasteiger partial charge on any atom is 0.150 e. The van der Waals surface area contributed by atoms with Gasteiger partial charge in [0, 0.05) is 17.4 Å². The van der Waals surface area contributed by atoms with Crippen molar-refractivity contribution in [3.8, 4) is 16.8 Å². The van der Waals surface area contributed by atoms with E-state index >= 15 is 0 Å². The Morgan fingerprint density at radius 1 is 0.913 bits per heavy atom. The predicted octanol–water partition coefficient (Wildman–Crippen LogP) is 3.81. The smallest absolute Gasteiger partial charge is 0.150 e. The number of halogens is 1. The van der Waals surface area contributed by atoms with Crippen LogP contribution in [0.2, 0.25) is 0 Å². The van der Waals surface area contributed by atoms with Gasteiger partial charge >= 0.3 is 0 Å². The molecule has 4 rings (SSSR count). The first-order valence-electron chi connectivity index (χ1n) is 7.17. The maximum atomic E-state index is 13.2. The average molecular weight is 304 g/mol. The average Bonchev–Trinajstić information content (AvgIpc) is 2.97. The van der Waals surface area contributed by atoms with Gasteiger partial charge in [0.05, 0.1) is 5.39 Å². The minimum absolute atomic E-state index is 0.275. The maximum absolute atomic E-state index is 13.2. The lowest BCUT2D eigenvalue weighted by Crippen LogP contribution is -1.96. The van der Waals surface area contributed by atoms with Crippen LogP contribution in [0, 0.1) is 5.82 Å². The number of aromatic nitrogens is 3. The monoisotopic (exact) mass is 304 g/mol. The zero-order chi connectivity index (χ0) is 15.8. The molecule has 23 heavy (non-hydrogen) atoms. The second-order valence-corrected chi connectivity index (χ2v) is 5.21. The largest absolute Gasteiger partial charge is 0.383 e. The highest BCUT2D eigenvalue weighted by molar-refractivity contribution is 6.01. The molecule has 0 radical (unpaired) electrons. The number of nitrogens with zero attached hydrogens (tertiary/aromatic N) is 3. The van der Waals surface area contributed by atoms with Crippen molar-refractivity contribution >= 4 is 16.9 Å². The molecule has 0 amide bonds. The van der Waals surface area contributed by atoms with Crippen molar-refractivity contribution in [2.45, 2.75) is 0 Å². The molecule has 112 valence electrons. The Morgan fingerprint density at radius 2 is 1.65 bits per heavy atom. The van der Waals surface area contributed by atoms with E-state index in [0.29, 0.717) is 11.5 Å². The molecule has 0 spiro atoms. The lowest BCUT2D eigenvalue weighted by molar-refractivity contribution is 0.627. The number of anilines is 1. The molecule has 4 nitrogen and oxygen atoms in total. The van der Waals surface area contributed by atoms with Gasteiger partial charge in [-0.05, 0) is 29.8 Å². The van der Waals surface area contributed by atoms with E-state index in [1.54, 1.807) is 12.1 Å². The standard InChI is InChI=1S/C18H13FN4/c19-13-6-8-14(9-7-13)23-10-15(12-4-2-1-3-5-12)16-17(20)21-11-22-18(16)23/h1-11H,(H2,20,21,22). The normalized spacial score (nSPS) is 11.0. The number of fused-ring (bicyclic) bond motifs is 1. The molecule has 0 atom stereocenters. The van der Waals surface area contributed by atoms with Gasteiger partial charge in [0.15, 0.2) is 5.65 Å². The number of benzene rings is 2. The van der Waals surface area contributed by atoms with Gasteiger partial charge in [-0.3, -0.25) is 0 Å². The van der Waals surface area contributed by atoms with Crippen molar-refractivity contribution in [1.82, 2.24) is 14.5 Å². The molecule has 0 fully saturated rings. The van der Waals surface area contributed by atoms with Crippen LogP contribution >= 0.6 is 0 Å². The van der Waals surface area contributed by atoms with Gasteiger partial charge < -0.3 is 10.3 Å². The van der Waals surface area contributed by atoms with Crippen LogP contribution in [0.15, 0.2) is 67.1 Å². The van der Waals surface area contributed by atoms with Gasteiger partial charge in [-0.1, -0.05) is 30.3 Å². The highest BCUT2D eigenvalue weighted by atomic mass is 19.1. The molecule has 2 heterocycles. The van der Waals surface area contributed by atoms with Crippen molar-refractivity contribution < 1.29 is 4.39 Å². The van der Waals surface area contributed by atoms with Crippen LogP contribution in [0.4, 0.5) is 10.2 Å².